The molecule has 2 aliphatic rings. The van der Waals surface area contributed by atoms with E-state index in [1.807, 2.05) is 13.8 Å². The number of rotatable bonds is 6. The molecule has 0 radical (unpaired) electrons. The highest BCUT2D eigenvalue weighted by Crippen LogP contribution is 2.25. The number of carbonyl (C=O) groups excluding carboxylic acids is 1. The monoisotopic (exact) mass is 456 g/mol. The van der Waals surface area contributed by atoms with Gasteiger partial charge in [-0.3, -0.25) is 4.79 Å². The van der Waals surface area contributed by atoms with Gasteiger partial charge in [0.25, 0.3) is 5.91 Å². The van der Waals surface area contributed by atoms with Gasteiger partial charge in [0, 0.05) is 31.2 Å². The van der Waals surface area contributed by atoms with E-state index in [0.29, 0.717) is 37.5 Å². The van der Waals surface area contributed by atoms with Crippen molar-refractivity contribution in [1.29, 1.82) is 0 Å². The van der Waals surface area contributed by atoms with E-state index in [4.69, 9.17) is 0 Å². The van der Waals surface area contributed by atoms with Gasteiger partial charge in [-0.05, 0) is 55.4 Å². The summed E-state index contributed by atoms with van der Waals surface area (Å²) in [5.74, 6) is 0.568. The Hall–Kier alpha value is -1.45. The molecule has 30 heavy (non-hydrogen) atoms. The van der Waals surface area contributed by atoms with Crippen molar-refractivity contribution in [1.82, 2.24) is 9.21 Å². The number of piperidine rings is 1. The Balaban J connectivity index is 1.79. The predicted octanol–water partition coefficient (Wildman–Crippen LogP) is 2.39. The van der Waals surface area contributed by atoms with Crippen molar-refractivity contribution < 1.29 is 21.6 Å². The van der Waals surface area contributed by atoms with Crippen molar-refractivity contribution in [2.45, 2.75) is 51.0 Å². The summed E-state index contributed by atoms with van der Waals surface area (Å²) in [7, 11) is -6.68. The second-order valence-corrected chi connectivity index (χ2v) is 13.2. The minimum atomic E-state index is -3.57. The Kier molecular flexibility index (Phi) is 6.94. The molecule has 7 nitrogen and oxygen atoms in total. The van der Waals surface area contributed by atoms with Gasteiger partial charge in [-0.2, -0.15) is 4.31 Å². The maximum atomic E-state index is 13.1. The number of nitrogens with zero attached hydrogens (tertiary/aromatic N) is 2. The van der Waals surface area contributed by atoms with E-state index in [1.165, 1.54) is 16.4 Å². The number of benzene rings is 1. The van der Waals surface area contributed by atoms with Crippen molar-refractivity contribution in [3.63, 3.8) is 0 Å². The van der Waals surface area contributed by atoms with Crippen LogP contribution in [0.1, 0.15) is 50.4 Å². The molecule has 2 fully saturated rings. The SMILES string of the molecule is CC(C)CN(C(=O)c1ccc(S(=O)(=O)N2CCC(C)CC2)cc1)[C@H]1CCS(=O)(=O)C1. The second-order valence-electron chi connectivity index (χ2n) is 9.02. The molecule has 0 N–H and O–H groups in total. The van der Waals surface area contributed by atoms with Crippen molar-refractivity contribution in [2.24, 2.45) is 11.8 Å². The zero-order valence-corrected chi connectivity index (χ0v) is 19.6. The Morgan fingerprint density at radius 1 is 1.13 bits per heavy atom. The summed E-state index contributed by atoms with van der Waals surface area (Å²) >= 11 is 0. The third kappa shape index (κ3) is 5.23. The third-order valence-corrected chi connectivity index (χ3v) is 9.62. The van der Waals surface area contributed by atoms with Crippen LogP contribution in [0.3, 0.4) is 0 Å². The molecular formula is C21H32N2O5S2. The van der Waals surface area contributed by atoms with Crippen LogP contribution in [0.4, 0.5) is 0 Å². The molecule has 9 heteroatoms. The van der Waals surface area contributed by atoms with Crippen molar-refractivity contribution in [2.75, 3.05) is 31.1 Å². The molecule has 2 saturated heterocycles. The van der Waals surface area contributed by atoms with E-state index in [1.54, 1.807) is 17.0 Å². The van der Waals surface area contributed by atoms with Crippen molar-refractivity contribution >= 4 is 25.8 Å². The highest BCUT2D eigenvalue weighted by molar-refractivity contribution is 7.91. The van der Waals surface area contributed by atoms with E-state index in [9.17, 15) is 21.6 Å². The molecule has 1 atom stereocenters. The smallest absolute Gasteiger partial charge is 0.254 e. The van der Waals surface area contributed by atoms with Gasteiger partial charge in [-0.1, -0.05) is 20.8 Å². The first-order chi connectivity index (χ1) is 14.0. The van der Waals surface area contributed by atoms with E-state index in [-0.39, 0.29) is 34.3 Å². The van der Waals surface area contributed by atoms with Gasteiger partial charge in [-0.25, -0.2) is 16.8 Å². The predicted molar refractivity (Wildman–Crippen MR) is 117 cm³/mol. The third-order valence-electron chi connectivity index (χ3n) is 5.95. The molecule has 1 aromatic carbocycles. The number of hydrogen-bond donors (Lipinski definition) is 0. The zero-order valence-electron chi connectivity index (χ0n) is 18.0. The fourth-order valence-electron chi connectivity index (χ4n) is 4.12. The van der Waals surface area contributed by atoms with Crippen LogP contribution in [0, 0.1) is 11.8 Å². The van der Waals surface area contributed by atoms with Gasteiger partial charge in [-0.15, -0.1) is 0 Å². The molecule has 1 aromatic rings. The van der Waals surface area contributed by atoms with Gasteiger partial charge >= 0.3 is 0 Å². The first-order valence-corrected chi connectivity index (χ1v) is 13.9. The van der Waals surface area contributed by atoms with Crippen LogP contribution in [-0.2, 0) is 19.9 Å². The minimum absolute atomic E-state index is 0.00863. The zero-order chi connectivity index (χ0) is 22.1. The molecule has 1 amide bonds. The average molecular weight is 457 g/mol. The lowest BCUT2D eigenvalue weighted by Crippen LogP contribution is -2.43. The molecule has 0 bridgehead atoms. The molecular weight excluding hydrogens is 424 g/mol. The Labute approximate surface area is 180 Å². The maximum absolute atomic E-state index is 13.1. The summed E-state index contributed by atoms with van der Waals surface area (Å²) in [6.45, 7) is 7.59. The van der Waals surface area contributed by atoms with Crippen LogP contribution in [0.15, 0.2) is 29.2 Å². The van der Waals surface area contributed by atoms with Crippen LogP contribution >= 0.6 is 0 Å². The van der Waals surface area contributed by atoms with E-state index >= 15 is 0 Å². The largest absolute Gasteiger partial charge is 0.334 e. The standard InChI is InChI=1S/C21H32N2O5S2/c1-16(2)14-23(19-10-13-29(25,26)15-19)21(24)18-4-6-20(7-5-18)30(27,28)22-11-8-17(3)9-12-22/h4-7,16-17,19H,8-15H2,1-3H3/t19-/m0/s1. The summed E-state index contributed by atoms with van der Waals surface area (Å²) in [5, 5.41) is 0. The number of sulfonamides is 1. The number of sulfone groups is 1. The van der Waals surface area contributed by atoms with Crippen molar-refractivity contribution in [3.05, 3.63) is 29.8 Å². The van der Waals surface area contributed by atoms with Crippen LogP contribution in [-0.4, -0.2) is 69.1 Å². The number of hydrogen-bond acceptors (Lipinski definition) is 5. The second kappa shape index (κ2) is 8.96. The van der Waals surface area contributed by atoms with E-state index in [2.05, 4.69) is 6.92 Å². The summed E-state index contributed by atoms with van der Waals surface area (Å²) in [5.41, 5.74) is 0.381. The highest BCUT2D eigenvalue weighted by Gasteiger charge is 2.35. The molecule has 0 unspecified atom stereocenters. The summed E-state index contributed by atoms with van der Waals surface area (Å²) < 4.78 is 51.1. The summed E-state index contributed by atoms with van der Waals surface area (Å²) in [6, 6.07) is 5.72. The summed E-state index contributed by atoms with van der Waals surface area (Å²) in [4.78, 5) is 15.0. The molecule has 2 heterocycles. The van der Waals surface area contributed by atoms with E-state index in [0.717, 1.165) is 12.8 Å². The van der Waals surface area contributed by atoms with E-state index < -0.39 is 19.9 Å². The maximum Gasteiger partial charge on any atom is 0.254 e. The van der Waals surface area contributed by atoms with Crippen LogP contribution in [0.2, 0.25) is 0 Å². The Morgan fingerprint density at radius 3 is 2.23 bits per heavy atom. The first kappa shape index (κ1) is 23.2. The molecule has 0 spiro atoms. The minimum Gasteiger partial charge on any atom is -0.334 e. The van der Waals surface area contributed by atoms with Crippen LogP contribution in [0.25, 0.3) is 0 Å². The Morgan fingerprint density at radius 2 is 1.73 bits per heavy atom. The molecule has 0 aromatic heterocycles. The molecule has 0 aliphatic carbocycles. The fourth-order valence-corrected chi connectivity index (χ4v) is 7.32. The number of carbonyl (C=O) groups is 1. The van der Waals surface area contributed by atoms with Crippen LogP contribution in [0.5, 0.6) is 0 Å². The highest BCUT2D eigenvalue weighted by atomic mass is 32.2. The van der Waals surface area contributed by atoms with Gasteiger partial charge in [0.15, 0.2) is 9.84 Å². The summed E-state index contributed by atoms with van der Waals surface area (Å²) in [6.07, 6.45) is 2.15. The lowest BCUT2D eigenvalue weighted by atomic mass is 10.0. The lowest BCUT2D eigenvalue weighted by molar-refractivity contribution is 0.0672. The van der Waals surface area contributed by atoms with Gasteiger partial charge in [0.2, 0.25) is 10.0 Å². The molecule has 0 saturated carbocycles. The lowest BCUT2D eigenvalue weighted by Gasteiger charge is -2.30. The van der Waals surface area contributed by atoms with Crippen LogP contribution < -0.4 is 0 Å². The first-order valence-electron chi connectivity index (χ1n) is 10.6. The quantitative estimate of drug-likeness (QED) is 0.655. The molecule has 2 aliphatic heterocycles. The molecule has 168 valence electrons. The molecule has 3 rings (SSSR count). The van der Waals surface area contributed by atoms with Gasteiger partial charge in [0.1, 0.15) is 0 Å². The average Bonchev–Trinajstić information content (AvgIpc) is 3.05. The Bertz CT molecular complexity index is 963. The van der Waals surface area contributed by atoms with Gasteiger partial charge in [0.05, 0.1) is 16.4 Å². The van der Waals surface area contributed by atoms with Crippen molar-refractivity contribution in [3.8, 4) is 0 Å². The fraction of sp³-hybridized carbons (Fsp3) is 0.667. The number of amides is 1. The van der Waals surface area contributed by atoms with Gasteiger partial charge < -0.3 is 4.90 Å². The normalized spacial score (nSPS) is 23.0. The topological polar surface area (TPSA) is 91.8 Å².